The summed E-state index contributed by atoms with van der Waals surface area (Å²) in [7, 11) is 5.35. The van der Waals surface area contributed by atoms with E-state index in [1.54, 1.807) is 14.2 Å². The van der Waals surface area contributed by atoms with Crippen molar-refractivity contribution >= 4 is 41.5 Å². The number of guanidine groups is 1. The van der Waals surface area contributed by atoms with Crippen LogP contribution in [0.15, 0.2) is 47.5 Å². The van der Waals surface area contributed by atoms with Crippen molar-refractivity contribution < 1.29 is 4.74 Å². The Morgan fingerprint density at radius 3 is 2.71 bits per heavy atom. The van der Waals surface area contributed by atoms with Gasteiger partial charge >= 0.3 is 0 Å². The Morgan fingerprint density at radius 1 is 1.29 bits per heavy atom. The van der Waals surface area contributed by atoms with Crippen LogP contribution in [0.1, 0.15) is 11.3 Å². The van der Waals surface area contributed by atoms with Crippen LogP contribution in [0.2, 0.25) is 5.02 Å². The molecule has 2 rings (SSSR count). The highest BCUT2D eigenvalue weighted by Crippen LogP contribution is 2.12. The molecule has 0 saturated carbocycles. The van der Waals surface area contributed by atoms with Gasteiger partial charge in [-0.2, -0.15) is 0 Å². The summed E-state index contributed by atoms with van der Waals surface area (Å²) in [4.78, 5) is 10.7. The normalized spacial score (nSPS) is 10.8. The van der Waals surface area contributed by atoms with Gasteiger partial charge in [0.15, 0.2) is 5.96 Å². The molecule has 5 nitrogen and oxygen atoms in total. The van der Waals surface area contributed by atoms with Gasteiger partial charge in [0.25, 0.3) is 0 Å². The first-order valence-electron chi connectivity index (χ1n) is 7.28. The lowest BCUT2D eigenvalue weighted by Gasteiger charge is -2.22. The van der Waals surface area contributed by atoms with Crippen molar-refractivity contribution in [2.45, 2.75) is 13.1 Å². The molecule has 1 heterocycles. The molecule has 1 aromatic carbocycles. The highest BCUT2D eigenvalue weighted by molar-refractivity contribution is 14.0. The van der Waals surface area contributed by atoms with Crippen molar-refractivity contribution in [1.29, 1.82) is 0 Å². The largest absolute Gasteiger partial charge is 0.481 e. The Morgan fingerprint density at radius 2 is 2.04 bits per heavy atom. The average molecular weight is 461 g/mol. The second-order valence-corrected chi connectivity index (χ2v) is 5.49. The van der Waals surface area contributed by atoms with Crippen LogP contribution in [0.4, 0.5) is 0 Å². The lowest BCUT2D eigenvalue weighted by molar-refractivity contribution is 0.396. The van der Waals surface area contributed by atoms with Gasteiger partial charge in [0.1, 0.15) is 0 Å². The Bertz CT molecular complexity index is 681. The minimum absolute atomic E-state index is 0. The molecule has 0 radical (unpaired) electrons. The van der Waals surface area contributed by atoms with Gasteiger partial charge in [0.2, 0.25) is 5.88 Å². The Hall–Kier alpha value is -1.54. The van der Waals surface area contributed by atoms with Crippen LogP contribution >= 0.6 is 35.6 Å². The van der Waals surface area contributed by atoms with Crippen molar-refractivity contribution in [3.63, 3.8) is 0 Å². The number of methoxy groups -OCH3 is 1. The first-order valence-corrected chi connectivity index (χ1v) is 7.66. The number of nitrogens with zero attached hydrogens (tertiary/aromatic N) is 3. The number of rotatable bonds is 5. The highest BCUT2D eigenvalue weighted by Gasteiger charge is 2.07. The molecular weight excluding hydrogens is 439 g/mol. The zero-order chi connectivity index (χ0) is 16.7. The molecule has 0 unspecified atom stereocenters. The van der Waals surface area contributed by atoms with E-state index in [1.165, 1.54) is 0 Å². The highest BCUT2D eigenvalue weighted by atomic mass is 127. The maximum Gasteiger partial charge on any atom is 0.213 e. The number of ether oxygens (including phenoxy) is 1. The molecule has 7 heteroatoms. The van der Waals surface area contributed by atoms with Gasteiger partial charge in [-0.05, 0) is 23.8 Å². The predicted octanol–water partition coefficient (Wildman–Crippen LogP) is 3.57. The van der Waals surface area contributed by atoms with Crippen molar-refractivity contribution in [3.05, 3.63) is 58.7 Å². The number of benzene rings is 1. The van der Waals surface area contributed by atoms with Gasteiger partial charge < -0.3 is 15.0 Å². The van der Waals surface area contributed by atoms with Crippen LogP contribution < -0.4 is 10.1 Å². The van der Waals surface area contributed by atoms with E-state index in [0.29, 0.717) is 19.0 Å². The van der Waals surface area contributed by atoms with Crippen LogP contribution in [0.3, 0.4) is 0 Å². The first-order chi connectivity index (χ1) is 11.1. The van der Waals surface area contributed by atoms with E-state index >= 15 is 0 Å². The zero-order valence-corrected chi connectivity index (χ0v) is 17.1. The Labute approximate surface area is 165 Å². The summed E-state index contributed by atoms with van der Waals surface area (Å²) >= 11 is 6.03. The quantitative estimate of drug-likeness (QED) is 0.421. The average Bonchev–Trinajstić information content (AvgIpc) is 2.55. The third-order valence-corrected chi connectivity index (χ3v) is 3.54. The van der Waals surface area contributed by atoms with Gasteiger partial charge in [-0.1, -0.05) is 29.8 Å². The van der Waals surface area contributed by atoms with E-state index in [2.05, 4.69) is 15.3 Å². The summed E-state index contributed by atoms with van der Waals surface area (Å²) in [6.45, 7) is 1.29. The number of nitrogens with one attached hydrogen (secondary N) is 1. The summed E-state index contributed by atoms with van der Waals surface area (Å²) in [6.07, 6.45) is 0. The van der Waals surface area contributed by atoms with Gasteiger partial charge in [-0.15, -0.1) is 24.0 Å². The number of hydrogen-bond acceptors (Lipinski definition) is 3. The van der Waals surface area contributed by atoms with Gasteiger partial charge in [0.05, 0.1) is 19.3 Å². The number of hydrogen-bond donors (Lipinski definition) is 1. The van der Waals surface area contributed by atoms with Crippen LogP contribution in [-0.4, -0.2) is 37.0 Å². The number of pyridine rings is 1. The maximum atomic E-state index is 6.03. The molecular formula is C17H22ClIN4O. The topological polar surface area (TPSA) is 49.8 Å². The summed E-state index contributed by atoms with van der Waals surface area (Å²) in [5, 5.41) is 4.03. The molecule has 1 N–H and O–H groups in total. The molecule has 0 aliphatic carbocycles. The smallest absolute Gasteiger partial charge is 0.213 e. The van der Waals surface area contributed by atoms with Crippen molar-refractivity contribution in [2.24, 2.45) is 4.99 Å². The van der Waals surface area contributed by atoms with Crippen molar-refractivity contribution in [2.75, 3.05) is 21.2 Å². The number of aromatic nitrogens is 1. The summed E-state index contributed by atoms with van der Waals surface area (Å²) in [5.74, 6) is 1.39. The standard InChI is InChI=1S/C17H21ClN4O.HI/c1-19-17(20-11-15-8-5-9-16(21-15)23-3)22(2)12-13-6-4-7-14(18)10-13;/h4-10H,11-12H2,1-3H3,(H,19,20);1H. The second-order valence-electron chi connectivity index (χ2n) is 5.06. The Kier molecular flexibility index (Phi) is 8.84. The molecule has 0 spiro atoms. The predicted molar refractivity (Wildman–Crippen MR) is 109 cm³/mol. The molecule has 24 heavy (non-hydrogen) atoms. The van der Waals surface area contributed by atoms with E-state index in [1.807, 2.05) is 54.4 Å². The van der Waals surface area contributed by atoms with Gasteiger partial charge in [-0.3, -0.25) is 4.99 Å². The molecule has 1 aromatic heterocycles. The molecule has 0 atom stereocenters. The molecule has 0 aliphatic heterocycles. The van der Waals surface area contributed by atoms with Crippen LogP contribution in [0.5, 0.6) is 5.88 Å². The van der Waals surface area contributed by atoms with E-state index in [0.717, 1.165) is 22.2 Å². The molecule has 0 bridgehead atoms. The molecule has 0 amide bonds. The van der Waals surface area contributed by atoms with Crippen molar-refractivity contribution in [3.8, 4) is 5.88 Å². The van der Waals surface area contributed by atoms with Gasteiger partial charge in [-0.25, -0.2) is 4.98 Å². The van der Waals surface area contributed by atoms with E-state index in [4.69, 9.17) is 16.3 Å². The number of halogens is 2. The fourth-order valence-corrected chi connectivity index (χ4v) is 2.42. The van der Waals surface area contributed by atoms with E-state index < -0.39 is 0 Å². The SMILES string of the molecule is CN=C(NCc1cccc(OC)n1)N(C)Cc1cccc(Cl)c1.I. The van der Waals surface area contributed by atoms with Crippen LogP contribution in [0.25, 0.3) is 0 Å². The second kappa shape index (κ2) is 10.4. The first kappa shape index (κ1) is 20.5. The van der Waals surface area contributed by atoms with E-state index in [-0.39, 0.29) is 24.0 Å². The summed E-state index contributed by atoms with van der Waals surface area (Å²) in [6, 6.07) is 13.5. The summed E-state index contributed by atoms with van der Waals surface area (Å²) < 4.78 is 5.13. The minimum Gasteiger partial charge on any atom is -0.481 e. The Balaban J connectivity index is 0.00000288. The maximum absolute atomic E-state index is 6.03. The molecule has 0 saturated heterocycles. The summed E-state index contributed by atoms with van der Waals surface area (Å²) in [5.41, 5.74) is 2.02. The zero-order valence-electron chi connectivity index (χ0n) is 14.0. The minimum atomic E-state index is 0. The third-order valence-electron chi connectivity index (χ3n) is 3.30. The third kappa shape index (κ3) is 6.16. The van der Waals surface area contributed by atoms with Crippen LogP contribution in [-0.2, 0) is 13.1 Å². The van der Waals surface area contributed by atoms with Crippen molar-refractivity contribution in [1.82, 2.24) is 15.2 Å². The monoisotopic (exact) mass is 460 g/mol. The van der Waals surface area contributed by atoms with Crippen LogP contribution in [0, 0.1) is 0 Å². The fraction of sp³-hybridized carbons (Fsp3) is 0.294. The van der Waals surface area contributed by atoms with E-state index in [9.17, 15) is 0 Å². The lowest BCUT2D eigenvalue weighted by Crippen LogP contribution is -2.38. The molecule has 0 aliphatic rings. The fourth-order valence-electron chi connectivity index (χ4n) is 2.21. The molecule has 2 aromatic rings. The molecule has 130 valence electrons. The number of aliphatic imine (C=N–C) groups is 1. The van der Waals surface area contributed by atoms with Gasteiger partial charge in [0, 0.05) is 31.7 Å². The lowest BCUT2D eigenvalue weighted by atomic mass is 10.2. The molecule has 0 fully saturated rings.